The lowest BCUT2D eigenvalue weighted by Gasteiger charge is -2.24. The van der Waals surface area contributed by atoms with Gasteiger partial charge in [0.15, 0.2) is 0 Å². The molecule has 0 fully saturated rings. The molecule has 0 amide bonds. The van der Waals surface area contributed by atoms with Crippen molar-refractivity contribution in [1.29, 1.82) is 0 Å². The van der Waals surface area contributed by atoms with Gasteiger partial charge in [-0.05, 0) is 17.9 Å². The minimum atomic E-state index is 0.117. The van der Waals surface area contributed by atoms with Gasteiger partial charge >= 0.3 is 0 Å². The fraction of sp³-hybridized carbons (Fsp3) is 0.429. The average molecular weight is 261 g/mol. The van der Waals surface area contributed by atoms with Crippen molar-refractivity contribution in [1.82, 2.24) is 9.97 Å². The Balaban J connectivity index is 2.02. The van der Waals surface area contributed by atoms with Crippen LogP contribution in [0, 0.1) is 0 Å². The average Bonchev–Trinajstić information content (AvgIpc) is 2.91. The van der Waals surface area contributed by atoms with Gasteiger partial charge in [-0.1, -0.05) is 26.8 Å². The van der Waals surface area contributed by atoms with Crippen LogP contribution >= 0.6 is 11.3 Å². The molecule has 2 aromatic rings. The highest BCUT2D eigenvalue weighted by molar-refractivity contribution is 7.10. The van der Waals surface area contributed by atoms with Gasteiger partial charge in [-0.3, -0.25) is 0 Å². The van der Waals surface area contributed by atoms with Crippen LogP contribution in [0.5, 0.6) is 0 Å². The van der Waals surface area contributed by atoms with Crippen LogP contribution in [0.4, 0.5) is 5.82 Å². The van der Waals surface area contributed by atoms with Gasteiger partial charge in [0, 0.05) is 28.6 Å². The summed E-state index contributed by atoms with van der Waals surface area (Å²) < 4.78 is 0. The highest BCUT2D eigenvalue weighted by atomic mass is 32.1. The van der Waals surface area contributed by atoms with Gasteiger partial charge in [-0.25, -0.2) is 9.97 Å². The Morgan fingerprint density at radius 3 is 2.83 bits per heavy atom. The summed E-state index contributed by atoms with van der Waals surface area (Å²) in [7, 11) is 0. The second kappa shape index (κ2) is 5.48. The third-order valence-corrected chi connectivity index (χ3v) is 4.22. The molecule has 0 saturated carbocycles. The van der Waals surface area contributed by atoms with E-state index in [4.69, 9.17) is 0 Å². The van der Waals surface area contributed by atoms with Crippen LogP contribution in [-0.2, 0) is 11.8 Å². The molecule has 96 valence electrons. The zero-order valence-electron chi connectivity index (χ0n) is 11.1. The first-order valence-electron chi connectivity index (χ1n) is 6.20. The third kappa shape index (κ3) is 3.07. The van der Waals surface area contributed by atoms with E-state index in [1.165, 1.54) is 4.88 Å². The van der Waals surface area contributed by atoms with E-state index < -0.39 is 0 Å². The number of thiophene rings is 1. The standard InChI is InChI=1S/C14H19N3S/c1-4-11-8-13(17-10-16-11)15-9-14(2,3)12-6-5-7-18-12/h5-8,10H,4,9H2,1-3H3,(H,15,16,17). The molecule has 0 unspecified atom stereocenters. The second-order valence-electron chi connectivity index (χ2n) is 4.96. The zero-order valence-corrected chi connectivity index (χ0v) is 11.9. The highest BCUT2D eigenvalue weighted by Crippen LogP contribution is 2.27. The Labute approximate surface area is 112 Å². The Hall–Kier alpha value is -1.42. The molecule has 0 bridgehead atoms. The lowest BCUT2D eigenvalue weighted by atomic mass is 9.91. The molecule has 0 spiro atoms. The minimum absolute atomic E-state index is 0.117. The normalized spacial score (nSPS) is 11.5. The van der Waals surface area contributed by atoms with Crippen molar-refractivity contribution < 1.29 is 0 Å². The molecule has 0 aromatic carbocycles. The fourth-order valence-electron chi connectivity index (χ4n) is 1.75. The van der Waals surface area contributed by atoms with Crippen molar-refractivity contribution in [3.63, 3.8) is 0 Å². The van der Waals surface area contributed by atoms with Crippen molar-refractivity contribution in [2.75, 3.05) is 11.9 Å². The molecular formula is C14H19N3S. The number of rotatable bonds is 5. The first-order valence-corrected chi connectivity index (χ1v) is 7.08. The van der Waals surface area contributed by atoms with Crippen LogP contribution in [-0.4, -0.2) is 16.5 Å². The molecule has 4 heteroatoms. The Morgan fingerprint density at radius 2 is 2.17 bits per heavy atom. The largest absolute Gasteiger partial charge is 0.369 e. The molecule has 2 aromatic heterocycles. The van der Waals surface area contributed by atoms with E-state index in [9.17, 15) is 0 Å². The van der Waals surface area contributed by atoms with Gasteiger partial charge in [0.1, 0.15) is 12.1 Å². The van der Waals surface area contributed by atoms with Gasteiger partial charge in [0.2, 0.25) is 0 Å². The summed E-state index contributed by atoms with van der Waals surface area (Å²) in [5, 5.41) is 5.53. The maximum absolute atomic E-state index is 4.25. The molecule has 1 N–H and O–H groups in total. The number of hydrogen-bond donors (Lipinski definition) is 1. The summed E-state index contributed by atoms with van der Waals surface area (Å²) in [6.07, 6.45) is 2.56. The van der Waals surface area contributed by atoms with Gasteiger partial charge in [0.25, 0.3) is 0 Å². The number of aromatic nitrogens is 2. The van der Waals surface area contributed by atoms with Gasteiger partial charge in [-0.15, -0.1) is 11.3 Å². The van der Waals surface area contributed by atoms with Crippen molar-refractivity contribution in [3.05, 3.63) is 40.5 Å². The summed E-state index contributed by atoms with van der Waals surface area (Å²) in [6.45, 7) is 7.46. The van der Waals surface area contributed by atoms with Crippen molar-refractivity contribution >= 4 is 17.2 Å². The number of nitrogens with zero attached hydrogens (tertiary/aromatic N) is 2. The molecule has 0 aliphatic heterocycles. The molecule has 0 radical (unpaired) electrons. The molecule has 0 aliphatic carbocycles. The highest BCUT2D eigenvalue weighted by Gasteiger charge is 2.21. The first kappa shape index (κ1) is 13.0. The Bertz CT molecular complexity index is 492. The summed E-state index contributed by atoms with van der Waals surface area (Å²) in [5.74, 6) is 0.909. The van der Waals surface area contributed by atoms with E-state index in [0.29, 0.717) is 0 Å². The fourth-order valence-corrected chi connectivity index (χ4v) is 2.60. The SMILES string of the molecule is CCc1cc(NCC(C)(C)c2cccs2)ncn1. The maximum Gasteiger partial charge on any atom is 0.129 e. The number of aryl methyl sites for hydroxylation is 1. The van der Waals surface area contributed by atoms with Crippen molar-refractivity contribution in [3.8, 4) is 0 Å². The summed E-state index contributed by atoms with van der Waals surface area (Å²) in [5.41, 5.74) is 1.19. The molecule has 2 rings (SSSR count). The maximum atomic E-state index is 4.25. The first-order chi connectivity index (χ1) is 8.62. The number of hydrogen-bond acceptors (Lipinski definition) is 4. The topological polar surface area (TPSA) is 37.8 Å². The monoisotopic (exact) mass is 261 g/mol. The van der Waals surface area contributed by atoms with Gasteiger partial charge < -0.3 is 5.32 Å². The van der Waals surface area contributed by atoms with Gasteiger partial charge in [0.05, 0.1) is 0 Å². The second-order valence-corrected chi connectivity index (χ2v) is 5.91. The van der Waals surface area contributed by atoms with Crippen LogP contribution in [0.25, 0.3) is 0 Å². The van der Waals surface area contributed by atoms with E-state index in [2.05, 4.69) is 53.6 Å². The van der Waals surface area contributed by atoms with Crippen LogP contribution in [0.1, 0.15) is 31.3 Å². The third-order valence-electron chi connectivity index (χ3n) is 2.99. The number of nitrogens with one attached hydrogen (secondary N) is 1. The van der Waals surface area contributed by atoms with E-state index in [0.717, 1.165) is 24.5 Å². The molecule has 0 saturated heterocycles. The predicted octanol–water partition coefficient (Wildman–Crippen LogP) is 3.49. The predicted molar refractivity (Wildman–Crippen MR) is 77.2 cm³/mol. The molecule has 18 heavy (non-hydrogen) atoms. The van der Waals surface area contributed by atoms with Crippen LogP contribution in [0.15, 0.2) is 29.9 Å². The van der Waals surface area contributed by atoms with Crippen LogP contribution < -0.4 is 5.32 Å². The zero-order chi connectivity index (χ0) is 13.0. The summed E-state index contributed by atoms with van der Waals surface area (Å²) in [6, 6.07) is 6.30. The lowest BCUT2D eigenvalue weighted by Crippen LogP contribution is -2.26. The molecule has 0 atom stereocenters. The lowest BCUT2D eigenvalue weighted by molar-refractivity contribution is 0.568. The Morgan fingerprint density at radius 1 is 1.33 bits per heavy atom. The summed E-state index contributed by atoms with van der Waals surface area (Å²) >= 11 is 1.80. The van der Waals surface area contributed by atoms with E-state index >= 15 is 0 Å². The minimum Gasteiger partial charge on any atom is -0.369 e. The molecular weight excluding hydrogens is 242 g/mol. The van der Waals surface area contributed by atoms with E-state index in [-0.39, 0.29) is 5.41 Å². The molecule has 0 aliphatic rings. The van der Waals surface area contributed by atoms with E-state index in [1.807, 2.05) is 6.07 Å². The summed E-state index contributed by atoms with van der Waals surface area (Å²) in [4.78, 5) is 9.84. The van der Waals surface area contributed by atoms with E-state index in [1.54, 1.807) is 17.7 Å². The van der Waals surface area contributed by atoms with Crippen LogP contribution in [0.3, 0.4) is 0 Å². The number of anilines is 1. The van der Waals surface area contributed by atoms with Crippen LogP contribution in [0.2, 0.25) is 0 Å². The quantitative estimate of drug-likeness (QED) is 0.895. The van der Waals surface area contributed by atoms with Crippen molar-refractivity contribution in [2.24, 2.45) is 0 Å². The smallest absolute Gasteiger partial charge is 0.129 e. The Kier molecular flexibility index (Phi) is 3.97. The molecule has 2 heterocycles. The van der Waals surface area contributed by atoms with Crippen molar-refractivity contribution in [2.45, 2.75) is 32.6 Å². The molecule has 3 nitrogen and oxygen atoms in total. The van der Waals surface area contributed by atoms with Gasteiger partial charge in [-0.2, -0.15) is 0 Å².